The van der Waals surface area contributed by atoms with Crippen molar-refractivity contribution in [1.29, 1.82) is 0 Å². The van der Waals surface area contributed by atoms with Crippen molar-refractivity contribution in [3.05, 3.63) is 52.8 Å². The average molecular weight is 481 g/mol. The summed E-state index contributed by atoms with van der Waals surface area (Å²) in [5, 5.41) is 17.6. The quantitative estimate of drug-likeness (QED) is 0.407. The molecule has 0 bridgehead atoms. The van der Waals surface area contributed by atoms with E-state index in [1.807, 2.05) is 18.3 Å². The number of H-pyrrole nitrogens is 2. The minimum atomic E-state index is -0.628. The fraction of sp³-hybridized carbons (Fsp3) is 0.348. The Kier molecular flexibility index (Phi) is 4.56. The van der Waals surface area contributed by atoms with Gasteiger partial charge in [0.15, 0.2) is 11.8 Å². The van der Waals surface area contributed by atoms with Crippen LogP contribution in [0.25, 0.3) is 22.4 Å². The predicted octanol–water partition coefficient (Wildman–Crippen LogP) is 2.43. The van der Waals surface area contributed by atoms with Crippen LogP contribution in [0.2, 0.25) is 5.02 Å². The molecule has 1 aromatic carbocycles. The molecule has 2 saturated heterocycles. The summed E-state index contributed by atoms with van der Waals surface area (Å²) in [6.45, 7) is 2.22. The van der Waals surface area contributed by atoms with E-state index >= 15 is 0 Å². The SMILES string of the molecule is O[C@@H]1CO[C@H]2C1OC[C@H]2Oc1nc2nc(-c3ccc(N4Cc5cn[nH]c5C4)cc3)c(Cl)cc2[nH]1. The van der Waals surface area contributed by atoms with Crippen molar-refractivity contribution in [3.8, 4) is 17.3 Å². The number of aliphatic hydroxyl groups is 1. The van der Waals surface area contributed by atoms with Gasteiger partial charge in [0.25, 0.3) is 6.01 Å². The molecule has 4 atom stereocenters. The molecule has 3 aromatic heterocycles. The maximum atomic E-state index is 9.92. The molecular formula is C23H21ClN6O4. The first-order chi connectivity index (χ1) is 16.6. The van der Waals surface area contributed by atoms with Crippen molar-refractivity contribution in [2.75, 3.05) is 18.1 Å². The Bertz CT molecular complexity index is 1350. The van der Waals surface area contributed by atoms with Crippen LogP contribution in [0.15, 0.2) is 36.5 Å². The second-order valence-electron chi connectivity index (χ2n) is 8.83. The van der Waals surface area contributed by atoms with Gasteiger partial charge in [-0.05, 0) is 18.2 Å². The second-order valence-corrected chi connectivity index (χ2v) is 9.24. The lowest BCUT2D eigenvalue weighted by atomic mass is 10.1. The minimum Gasteiger partial charge on any atom is -0.456 e. The molecule has 0 radical (unpaired) electrons. The fourth-order valence-electron chi connectivity index (χ4n) is 4.92. The summed E-state index contributed by atoms with van der Waals surface area (Å²) in [6.07, 6.45) is 0.222. The number of halogens is 1. The summed E-state index contributed by atoms with van der Waals surface area (Å²) in [6, 6.07) is 10.3. The first kappa shape index (κ1) is 20.2. The fourth-order valence-corrected chi connectivity index (χ4v) is 5.18. The summed E-state index contributed by atoms with van der Waals surface area (Å²) in [5.74, 6) is 0. The lowest BCUT2D eigenvalue weighted by Gasteiger charge is -2.18. The van der Waals surface area contributed by atoms with E-state index in [0.29, 0.717) is 34.5 Å². The molecule has 3 N–H and O–H groups in total. The number of aromatic nitrogens is 5. The van der Waals surface area contributed by atoms with E-state index in [-0.39, 0.29) is 24.9 Å². The number of fused-ring (bicyclic) bond motifs is 3. The third-order valence-corrected chi connectivity index (χ3v) is 6.96. The molecule has 3 aliphatic heterocycles. The van der Waals surface area contributed by atoms with Crippen LogP contribution in [0.3, 0.4) is 0 Å². The second kappa shape index (κ2) is 7.67. The molecule has 0 amide bonds. The molecule has 174 valence electrons. The summed E-state index contributed by atoms with van der Waals surface area (Å²) in [5.41, 5.74) is 6.25. The molecule has 1 unspecified atom stereocenters. The molecule has 7 rings (SSSR count). The van der Waals surface area contributed by atoms with E-state index in [2.05, 4.69) is 42.2 Å². The van der Waals surface area contributed by atoms with E-state index in [9.17, 15) is 5.11 Å². The van der Waals surface area contributed by atoms with Gasteiger partial charge in [-0.25, -0.2) is 4.98 Å². The van der Waals surface area contributed by atoms with Crippen molar-refractivity contribution < 1.29 is 19.3 Å². The summed E-state index contributed by atoms with van der Waals surface area (Å²) in [7, 11) is 0. The van der Waals surface area contributed by atoms with Crippen LogP contribution in [0.1, 0.15) is 11.3 Å². The topological polar surface area (TPSA) is 121 Å². The molecule has 0 aliphatic carbocycles. The number of aliphatic hydroxyl groups excluding tert-OH is 1. The lowest BCUT2D eigenvalue weighted by molar-refractivity contribution is 0.00706. The van der Waals surface area contributed by atoms with E-state index < -0.39 is 6.10 Å². The molecule has 4 aromatic rings. The molecule has 6 heterocycles. The van der Waals surface area contributed by atoms with E-state index in [0.717, 1.165) is 30.0 Å². The molecule has 11 heteroatoms. The third-order valence-electron chi connectivity index (χ3n) is 6.67. The van der Waals surface area contributed by atoms with E-state index in [4.69, 9.17) is 25.8 Å². The number of hydrogen-bond acceptors (Lipinski definition) is 8. The van der Waals surface area contributed by atoms with Crippen molar-refractivity contribution >= 4 is 28.5 Å². The largest absolute Gasteiger partial charge is 0.456 e. The van der Waals surface area contributed by atoms with Crippen LogP contribution in [-0.2, 0) is 22.6 Å². The van der Waals surface area contributed by atoms with Crippen LogP contribution in [0.5, 0.6) is 6.01 Å². The Morgan fingerprint density at radius 1 is 1.09 bits per heavy atom. The van der Waals surface area contributed by atoms with Crippen molar-refractivity contribution in [2.45, 2.75) is 37.5 Å². The summed E-state index contributed by atoms with van der Waals surface area (Å²) in [4.78, 5) is 14.6. The predicted molar refractivity (Wildman–Crippen MR) is 123 cm³/mol. The molecule has 34 heavy (non-hydrogen) atoms. The number of nitrogens with zero attached hydrogens (tertiary/aromatic N) is 4. The lowest BCUT2D eigenvalue weighted by Crippen LogP contribution is -2.34. The molecule has 0 saturated carbocycles. The number of rotatable bonds is 4. The highest BCUT2D eigenvalue weighted by Crippen LogP contribution is 2.34. The number of hydrogen-bond donors (Lipinski definition) is 3. The molecule has 2 fully saturated rings. The number of pyridine rings is 1. The zero-order valence-electron chi connectivity index (χ0n) is 17.9. The summed E-state index contributed by atoms with van der Waals surface area (Å²) < 4.78 is 17.2. The van der Waals surface area contributed by atoms with Crippen molar-refractivity contribution in [3.63, 3.8) is 0 Å². The van der Waals surface area contributed by atoms with Gasteiger partial charge in [-0.15, -0.1) is 0 Å². The van der Waals surface area contributed by atoms with Crippen molar-refractivity contribution in [1.82, 2.24) is 25.1 Å². The highest BCUT2D eigenvalue weighted by Gasteiger charge is 2.48. The molecule has 0 spiro atoms. The smallest absolute Gasteiger partial charge is 0.296 e. The first-order valence-electron chi connectivity index (χ1n) is 11.1. The number of imidazole rings is 1. The van der Waals surface area contributed by atoms with Crippen LogP contribution >= 0.6 is 11.6 Å². The van der Waals surface area contributed by atoms with Gasteiger partial charge in [0.2, 0.25) is 0 Å². The van der Waals surface area contributed by atoms with Crippen molar-refractivity contribution in [2.24, 2.45) is 0 Å². The van der Waals surface area contributed by atoms with Gasteiger partial charge in [-0.1, -0.05) is 23.7 Å². The van der Waals surface area contributed by atoms with Gasteiger partial charge in [-0.2, -0.15) is 10.1 Å². The number of nitrogens with one attached hydrogen (secondary N) is 2. The Morgan fingerprint density at radius 3 is 2.79 bits per heavy atom. The Balaban J connectivity index is 1.12. The number of aromatic amines is 2. The zero-order chi connectivity index (χ0) is 22.8. The maximum absolute atomic E-state index is 9.92. The molecular weight excluding hydrogens is 460 g/mol. The number of benzene rings is 1. The zero-order valence-corrected chi connectivity index (χ0v) is 18.7. The highest BCUT2D eigenvalue weighted by molar-refractivity contribution is 6.33. The average Bonchev–Trinajstić information content (AvgIpc) is 3.62. The summed E-state index contributed by atoms with van der Waals surface area (Å²) >= 11 is 6.58. The van der Waals surface area contributed by atoms with Crippen LogP contribution in [0.4, 0.5) is 5.69 Å². The van der Waals surface area contributed by atoms with Gasteiger partial charge >= 0.3 is 0 Å². The van der Waals surface area contributed by atoms with E-state index in [1.54, 1.807) is 6.07 Å². The van der Waals surface area contributed by atoms with Gasteiger partial charge < -0.3 is 29.2 Å². The highest BCUT2D eigenvalue weighted by atomic mass is 35.5. The normalized spacial score (nSPS) is 25.8. The van der Waals surface area contributed by atoms with Gasteiger partial charge in [-0.3, -0.25) is 5.10 Å². The van der Waals surface area contributed by atoms with Gasteiger partial charge in [0.1, 0.15) is 18.3 Å². The monoisotopic (exact) mass is 480 g/mol. The van der Waals surface area contributed by atoms with Crippen LogP contribution in [-0.4, -0.2) is 67.9 Å². The molecule has 3 aliphatic rings. The maximum Gasteiger partial charge on any atom is 0.296 e. The Morgan fingerprint density at radius 2 is 1.94 bits per heavy atom. The molecule has 10 nitrogen and oxygen atoms in total. The number of ether oxygens (including phenoxy) is 3. The minimum absolute atomic E-state index is 0.246. The Hall–Kier alpha value is -3.18. The Labute approximate surface area is 198 Å². The standard InChI is InChI=1S/C23H21ClN6O4/c24-14-5-15-22(28-23(26-15)34-18-10-33-20-17(31)9-32-21(18)20)27-19(14)11-1-3-13(4-2-11)30-7-12-6-25-29-16(12)8-30/h1-6,17-18,20-21,31H,7-10H2,(H,25,29)(H,26,27,28)/t17-,18-,20?,21-/m1/s1. The third kappa shape index (κ3) is 3.25. The van der Waals surface area contributed by atoms with Crippen LogP contribution in [0, 0.1) is 0 Å². The number of anilines is 1. The van der Waals surface area contributed by atoms with Gasteiger partial charge in [0.05, 0.1) is 47.9 Å². The first-order valence-corrected chi connectivity index (χ1v) is 11.5. The van der Waals surface area contributed by atoms with Crippen LogP contribution < -0.4 is 9.64 Å². The van der Waals surface area contributed by atoms with E-state index in [1.165, 1.54) is 5.56 Å². The van der Waals surface area contributed by atoms with Gasteiger partial charge in [0, 0.05) is 23.4 Å².